The Morgan fingerprint density at radius 3 is 2.67 bits per heavy atom. The maximum Gasteiger partial charge on any atom is 0.254 e. The molecule has 0 saturated heterocycles. The van der Waals surface area contributed by atoms with E-state index in [-0.39, 0.29) is 5.91 Å². The van der Waals surface area contributed by atoms with Gasteiger partial charge in [0.2, 0.25) is 0 Å². The van der Waals surface area contributed by atoms with Crippen molar-refractivity contribution in [3.63, 3.8) is 0 Å². The molecule has 1 aliphatic rings. The number of hydrogen-bond acceptors (Lipinski definition) is 3. The molecule has 2 rings (SSSR count). The number of carbonyl (C=O) groups is 1. The van der Waals surface area contributed by atoms with Gasteiger partial charge in [0.25, 0.3) is 5.91 Å². The number of hydrazine groups is 1. The van der Waals surface area contributed by atoms with Crippen LogP contribution in [0.5, 0.6) is 0 Å². The molecular weight excluding hydrogens is 226 g/mol. The summed E-state index contributed by atoms with van der Waals surface area (Å²) in [6, 6.07) is 5.88. The molecule has 0 aliphatic heterocycles. The minimum Gasteiger partial charge on any atom is -0.339 e. The van der Waals surface area contributed by atoms with Crippen LogP contribution in [0.3, 0.4) is 0 Å². The fraction of sp³-hybridized carbons (Fsp3) is 0.500. The van der Waals surface area contributed by atoms with Crippen LogP contribution < -0.4 is 11.3 Å². The van der Waals surface area contributed by atoms with Crippen LogP contribution in [0, 0.1) is 12.8 Å². The number of benzene rings is 1. The molecule has 4 heteroatoms. The van der Waals surface area contributed by atoms with E-state index in [0.717, 1.165) is 16.8 Å². The summed E-state index contributed by atoms with van der Waals surface area (Å²) in [4.78, 5) is 14.3. The Hall–Kier alpha value is -1.55. The largest absolute Gasteiger partial charge is 0.339 e. The lowest BCUT2D eigenvalue weighted by Crippen LogP contribution is -2.36. The van der Waals surface area contributed by atoms with Gasteiger partial charge in [0, 0.05) is 24.3 Å². The summed E-state index contributed by atoms with van der Waals surface area (Å²) >= 11 is 0. The van der Waals surface area contributed by atoms with E-state index in [1.54, 1.807) is 0 Å². The molecule has 0 heterocycles. The Kier molecular flexibility index (Phi) is 3.57. The molecule has 3 N–H and O–H groups in total. The number of carbonyl (C=O) groups excluding carboxylic acids is 1. The van der Waals surface area contributed by atoms with Crippen LogP contribution in [0.1, 0.15) is 35.7 Å². The van der Waals surface area contributed by atoms with Gasteiger partial charge < -0.3 is 10.3 Å². The van der Waals surface area contributed by atoms with Gasteiger partial charge in [-0.25, -0.2) is 0 Å². The minimum absolute atomic E-state index is 0.0930. The standard InChI is InChI=1S/C14H21N3O/c1-9-8-12(16-15)6-7-13(9)14(18)17(3)10(2)11-4-5-11/h6-8,10-11,16H,4-5,15H2,1-3H3. The Bertz CT molecular complexity index is 454. The van der Waals surface area contributed by atoms with Gasteiger partial charge in [-0.05, 0) is 56.4 Å². The molecule has 1 saturated carbocycles. The van der Waals surface area contributed by atoms with Crippen LogP contribution >= 0.6 is 0 Å². The Balaban J connectivity index is 2.17. The molecule has 0 spiro atoms. The van der Waals surface area contributed by atoms with Crippen LogP contribution in [0.15, 0.2) is 18.2 Å². The molecule has 0 aromatic heterocycles. The summed E-state index contributed by atoms with van der Waals surface area (Å²) in [6.45, 7) is 4.06. The molecule has 1 atom stereocenters. The maximum absolute atomic E-state index is 12.4. The second-order valence-electron chi connectivity index (χ2n) is 5.17. The monoisotopic (exact) mass is 247 g/mol. The summed E-state index contributed by atoms with van der Waals surface area (Å²) in [6.07, 6.45) is 2.49. The Morgan fingerprint density at radius 1 is 1.50 bits per heavy atom. The third-order valence-corrected chi connectivity index (χ3v) is 3.86. The molecule has 18 heavy (non-hydrogen) atoms. The van der Waals surface area contributed by atoms with Crippen molar-refractivity contribution in [3.8, 4) is 0 Å². The Labute approximate surface area is 108 Å². The fourth-order valence-electron chi connectivity index (χ4n) is 2.26. The molecule has 0 bridgehead atoms. The molecule has 1 aromatic carbocycles. The van der Waals surface area contributed by atoms with Gasteiger partial charge >= 0.3 is 0 Å². The number of amides is 1. The highest BCUT2D eigenvalue weighted by Crippen LogP contribution is 2.35. The summed E-state index contributed by atoms with van der Waals surface area (Å²) in [5, 5.41) is 0. The normalized spacial score (nSPS) is 16.2. The fourth-order valence-corrected chi connectivity index (χ4v) is 2.26. The van der Waals surface area contributed by atoms with Crippen molar-refractivity contribution >= 4 is 11.6 Å². The lowest BCUT2D eigenvalue weighted by molar-refractivity contribution is 0.0726. The van der Waals surface area contributed by atoms with Crippen molar-refractivity contribution < 1.29 is 4.79 Å². The minimum atomic E-state index is 0.0930. The third-order valence-electron chi connectivity index (χ3n) is 3.86. The molecule has 98 valence electrons. The van der Waals surface area contributed by atoms with E-state index in [0.29, 0.717) is 12.0 Å². The molecular formula is C14H21N3O. The van der Waals surface area contributed by atoms with Crippen LogP contribution in [0.25, 0.3) is 0 Å². The number of hydrogen-bond donors (Lipinski definition) is 2. The van der Waals surface area contributed by atoms with Crippen molar-refractivity contribution in [2.75, 3.05) is 12.5 Å². The topological polar surface area (TPSA) is 58.4 Å². The number of aryl methyl sites for hydroxylation is 1. The summed E-state index contributed by atoms with van der Waals surface area (Å²) in [5.74, 6) is 6.13. The van der Waals surface area contributed by atoms with Crippen LogP contribution in [0.4, 0.5) is 5.69 Å². The highest BCUT2D eigenvalue weighted by atomic mass is 16.2. The molecule has 1 aliphatic carbocycles. The van der Waals surface area contributed by atoms with Crippen molar-refractivity contribution in [1.82, 2.24) is 4.90 Å². The quantitative estimate of drug-likeness (QED) is 0.633. The molecule has 1 fully saturated rings. The van der Waals surface area contributed by atoms with Gasteiger partial charge in [0.15, 0.2) is 0 Å². The van der Waals surface area contributed by atoms with Crippen molar-refractivity contribution in [3.05, 3.63) is 29.3 Å². The molecule has 4 nitrogen and oxygen atoms in total. The SMILES string of the molecule is Cc1cc(NN)ccc1C(=O)N(C)C(C)C1CC1. The number of nitrogens with two attached hydrogens (primary N) is 1. The van der Waals surface area contributed by atoms with E-state index in [9.17, 15) is 4.79 Å². The second-order valence-corrected chi connectivity index (χ2v) is 5.17. The first-order chi connectivity index (χ1) is 8.54. The lowest BCUT2D eigenvalue weighted by atomic mass is 10.1. The zero-order chi connectivity index (χ0) is 13.3. The Morgan fingerprint density at radius 2 is 2.17 bits per heavy atom. The van der Waals surface area contributed by atoms with E-state index >= 15 is 0 Å². The van der Waals surface area contributed by atoms with Crippen molar-refractivity contribution in [2.45, 2.75) is 32.7 Å². The van der Waals surface area contributed by atoms with Gasteiger partial charge in [0.1, 0.15) is 0 Å². The van der Waals surface area contributed by atoms with E-state index < -0.39 is 0 Å². The molecule has 1 amide bonds. The van der Waals surface area contributed by atoms with E-state index in [4.69, 9.17) is 5.84 Å². The average Bonchev–Trinajstić information content (AvgIpc) is 3.20. The average molecular weight is 247 g/mol. The lowest BCUT2D eigenvalue weighted by Gasteiger charge is -2.25. The van der Waals surface area contributed by atoms with Crippen LogP contribution in [0.2, 0.25) is 0 Å². The predicted molar refractivity (Wildman–Crippen MR) is 73.3 cm³/mol. The number of nitrogen functional groups attached to an aromatic ring is 1. The summed E-state index contributed by atoms with van der Waals surface area (Å²) in [5.41, 5.74) is 5.11. The van der Waals surface area contributed by atoms with Crippen molar-refractivity contribution in [1.29, 1.82) is 0 Å². The van der Waals surface area contributed by atoms with Gasteiger partial charge in [-0.2, -0.15) is 0 Å². The van der Waals surface area contributed by atoms with Gasteiger partial charge in [-0.3, -0.25) is 10.6 Å². The first kappa shape index (κ1) is 12.9. The van der Waals surface area contributed by atoms with Crippen LogP contribution in [-0.4, -0.2) is 23.9 Å². The number of rotatable bonds is 4. The van der Waals surface area contributed by atoms with Gasteiger partial charge in [-0.15, -0.1) is 0 Å². The molecule has 1 unspecified atom stereocenters. The third kappa shape index (κ3) is 2.48. The zero-order valence-corrected chi connectivity index (χ0v) is 11.2. The van der Waals surface area contributed by atoms with E-state index in [1.165, 1.54) is 12.8 Å². The zero-order valence-electron chi connectivity index (χ0n) is 11.2. The summed E-state index contributed by atoms with van der Waals surface area (Å²) < 4.78 is 0. The first-order valence-electron chi connectivity index (χ1n) is 6.39. The van der Waals surface area contributed by atoms with Crippen molar-refractivity contribution in [2.24, 2.45) is 11.8 Å². The van der Waals surface area contributed by atoms with Gasteiger partial charge in [-0.1, -0.05) is 0 Å². The van der Waals surface area contributed by atoms with Crippen LogP contribution in [-0.2, 0) is 0 Å². The second kappa shape index (κ2) is 4.98. The number of anilines is 1. The highest BCUT2D eigenvalue weighted by Gasteiger charge is 2.32. The maximum atomic E-state index is 12.4. The van der Waals surface area contributed by atoms with Gasteiger partial charge in [0.05, 0.1) is 0 Å². The van der Waals surface area contributed by atoms with E-state index in [1.807, 2.05) is 37.1 Å². The first-order valence-corrected chi connectivity index (χ1v) is 6.39. The highest BCUT2D eigenvalue weighted by molar-refractivity contribution is 5.96. The number of nitrogens with one attached hydrogen (secondary N) is 1. The van der Waals surface area contributed by atoms with E-state index in [2.05, 4.69) is 12.3 Å². The molecule has 1 aromatic rings. The summed E-state index contributed by atoms with van der Waals surface area (Å²) in [7, 11) is 1.89. The number of nitrogens with zero attached hydrogens (tertiary/aromatic N) is 1. The molecule has 0 radical (unpaired) electrons. The smallest absolute Gasteiger partial charge is 0.254 e. The predicted octanol–water partition coefficient (Wildman–Crippen LogP) is 2.15.